The lowest BCUT2D eigenvalue weighted by atomic mass is 9.46. The summed E-state index contributed by atoms with van der Waals surface area (Å²) in [6, 6.07) is 3.21. The van der Waals surface area contributed by atoms with Gasteiger partial charge in [0.25, 0.3) is 0 Å². The second-order valence-corrected chi connectivity index (χ2v) is 25.7. The maximum atomic E-state index is 11.8. The van der Waals surface area contributed by atoms with E-state index in [1.807, 2.05) is 0 Å². The molecule has 3 N–H and O–H groups in total. The Balaban J connectivity index is 0.000000135. The van der Waals surface area contributed by atoms with Crippen molar-refractivity contribution in [3.63, 3.8) is 0 Å². The highest BCUT2D eigenvalue weighted by Gasteiger charge is 2.70. The molecule has 10 fully saturated rings. The zero-order chi connectivity index (χ0) is 41.1. The maximum Gasteiger partial charge on any atom is 0.0603 e. The van der Waals surface area contributed by atoms with Crippen molar-refractivity contribution in [3.8, 4) is 0 Å². The molecule has 0 unspecified atom stereocenters. The molecule has 5 heteroatoms. The average Bonchev–Trinajstić information content (AvgIpc) is 3.88. The molecule has 4 heterocycles. The Morgan fingerprint density at radius 1 is 0.525 bits per heavy atom. The molecule has 8 aliphatic carbocycles. The zero-order valence-electron chi connectivity index (χ0n) is 38.8. The normalized spacial score (nSPS) is 59.7. The van der Waals surface area contributed by atoms with Gasteiger partial charge in [0.05, 0.1) is 18.3 Å². The van der Waals surface area contributed by atoms with Crippen LogP contribution >= 0.6 is 0 Å². The summed E-state index contributed by atoms with van der Waals surface area (Å²) < 4.78 is 0. The Morgan fingerprint density at radius 2 is 1.03 bits per heavy atom. The minimum Gasteiger partial charge on any atom is -0.393 e. The largest absolute Gasteiger partial charge is 0.393 e. The second kappa shape index (κ2) is 14.1. The number of aliphatic hydroxyl groups excluding tert-OH is 3. The fraction of sp³-hybridized carbons (Fsp3) is 0.926. The van der Waals surface area contributed by atoms with Gasteiger partial charge in [-0.25, -0.2) is 0 Å². The summed E-state index contributed by atoms with van der Waals surface area (Å²) in [4.78, 5) is 5.93. The lowest BCUT2D eigenvalue weighted by molar-refractivity contribution is -0.135. The first-order valence-corrected chi connectivity index (χ1v) is 26.0. The van der Waals surface area contributed by atoms with Gasteiger partial charge in [0.1, 0.15) is 0 Å². The number of aliphatic hydroxyl groups is 3. The molecular formula is C54H86N2O3. The van der Waals surface area contributed by atoms with E-state index in [0.29, 0.717) is 34.6 Å². The van der Waals surface area contributed by atoms with Gasteiger partial charge in [0.15, 0.2) is 0 Å². The molecule has 5 nitrogen and oxygen atoms in total. The molecule has 12 aliphatic rings. The first-order valence-electron chi connectivity index (χ1n) is 26.0. The van der Waals surface area contributed by atoms with E-state index in [-0.39, 0.29) is 29.1 Å². The van der Waals surface area contributed by atoms with Gasteiger partial charge in [0.2, 0.25) is 0 Å². The van der Waals surface area contributed by atoms with Crippen LogP contribution in [-0.4, -0.2) is 80.7 Å². The molecule has 330 valence electrons. The fourth-order valence-electron chi connectivity index (χ4n) is 20.7. The van der Waals surface area contributed by atoms with Crippen LogP contribution < -0.4 is 0 Å². The average molecular weight is 811 g/mol. The van der Waals surface area contributed by atoms with Crippen LogP contribution in [0.3, 0.4) is 0 Å². The van der Waals surface area contributed by atoms with Gasteiger partial charge in [0, 0.05) is 42.7 Å². The molecule has 23 atom stereocenters. The maximum absolute atomic E-state index is 11.8. The first-order chi connectivity index (χ1) is 28.1. The van der Waals surface area contributed by atoms with Gasteiger partial charge >= 0.3 is 0 Å². The fourth-order valence-corrected chi connectivity index (χ4v) is 20.7. The minimum atomic E-state index is -0.164. The number of nitrogens with zero attached hydrogens (tertiary/aromatic N) is 2. The van der Waals surface area contributed by atoms with E-state index in [1.54, 1.807) is 5.57 Å². The molecule has 0 aromatic carbocycles. The molecule has 4 saturated heterocycles. The molecular weight excluding hydrogens is 725 g/mol. The Bertz CT molecular complexity index is 1710. The molecule has 12 rings (SSSR count). The topological polar surface area (TPSA) is 67.2 Å². The van der Waals surface area contributed by atoms with Crippen molar-refractivity contribution in [2.24, 2.45) is 92.7 Å². The highest BCUT2D eigenvalue weighted by atomic mass is 16.3. The van der Waals surface area contributed by atoms with Crippen molar-refractivity contribution in [2.75, 3.05) is 13.1 Å². The van der Waals surface area contributed by atoms with Crippen molar-refractivity contribution >= 4 is 0 Å². The number of hydrogen-bond donors (Lipinski definition) is 3. The van der Waals surface area contributed by atoms with Crippen LogP contribution in [0.5, 0.6) is 0 Å². The van der Waals surface area contributed by atoms with E-state index in [4.69, 9.17) is 0 Å². The van der Waals surface area contributed by atoms with Crippen LogP contribution in [-0.2, 0) is 0 Å². The Hall–Kier alpha value is -0.720. The van der Waals surface area contributed by atoms with E-state index in [2.05, 4.69) is 77.3 Å². The van der Waals surface area contributed by atoms with Crippen molar-refractivity contribution in [2.45, 2.75) is 207 Å². The van der Waals surface area contributed by atoms with E-state index in [1.165, 1.54) is 89.3 Å². The third kappa shape index (κ3) is 5.70. The van der Waals surface area contributed by atoms with Gasteiger partial charge in [-0.05, 0) is 196 Å². The SMILES string of the molecule is C[C@H]1CC[C@@H]2[C@@H](C)[C@H]3[C@H](C[C@H]4[C@@H]5CC=C6C[C@@H](O)CC[C@]6(C)[C@H]5CC[C@]34C)N2C1.C[C@H]1CC[C@@H]2[C@@H](C)[C@H]3[C@H](C[C@H]4[C@@H]5CC=C6C[C@@H](O)CC[C@]6(C)[C@H]5C[C@H](O)[C@]34C)N2C1. The lowest BCUT2D eigenvalue weighted by Crippen LogP contribution is -2.57. The summed E-state index contributed by atoms with van der Waals surface area (Å²) in [5.41, 5.74) is 4.38. The highest BCUT2D eigenvalue weighted by molar-refractivity contribution is 5.29. The van der Waals surface area contributed by atoms with Gasteiger partial charge in [-0.3, -0.25) is 9.80 Å². The lowest BCUT2D eigenvalue weighted by Gasteiger charge is -2.60. The third-order valence-electron chi connectivity index (χ3n) is 23.5. The smallest absolute Gasteiger partial charge is 0.0603 e. The van der Waals surface area contributed by atoms with Crippen LogP contribution in [0.4, 0.5) is 0 Å². The molecule has 59 heavy (non-hydrogen) atoms. The predicted molar refractivity (Wildman–Crippen MR) is 238 cm³/mol. The molecule has 0 aromatic heterocycles. The van der Waals surface area contributed by atoms with Crippen molar-refractivity contribution in [3.05, 3.63) is 23.3 Å². The molecule has 0 aromatic rings. The summed E-state index contributed by atoms with van der Waals surface area (Å²) in [5.74, 6) is 9.63. The molecule has 0 spiro atoms. The van der Waals surface area contributed by atoms with E-state index in [9.17, 15) is 15.3 Å². The Labute approximate surface area is 360 Å². The van der Waals surface area contributed by atoms with Crippen LogP contribution in [0.2, 0.25) is 0 Å². The zero-order valence-corrected chi connectivity index (χ0v) is 38.8. The minimum absolute atomic E-state index is 0.0792. The second-order valence-electron chi connectivity index (χ2n) is 25.7. The van der Waals surface area contributed by atoms with E-state index < -0.39 is 0 Å². The summed E-state index contributed by atoms with van der Waals surface area (Å²) >= 11 is 0. The van der Waals surface area contributed by atoms with E-state index >= 15 is 0 Å². The van der Waals surface area contributed by atoms with Crippen molar-refractivity contribution < 1.29 is 15.3 Å². The number of allylic oxidation sites excluding steroid dienone is 2. The molecule has 0 bridgehead atoms. The summed E-state index contributed by atoms with van der Waals surface area (Å²) in [6.45, 7) is 23.0. The monoisotopic (exact) mass is 811 g/mol. The van der Waals surface area contributed by atoms with Crippen LogP contribution in [0, 0.1) is 92.7 Å². The highest BCUT2D eigenvalue weighted by Crippen LogP contribution is 2.72. The van der Waals surface area contributed by atoms with Gasteiger partial charge in [-0.2, -0.15) is 0 Å². The summed E-state index contributed by atoms with van der Waals surface area (Å²) in [6.07, 6.45) is 25.7. The van der Waals surface area contributed by atoms with Crippen LogP contribution in [0.25, 0.3) is 0 Å². The number of rotatable bonds is 0. The number of fused-ring (bicyclic) bond motifs is 18. The molecule has 6 saturated carbocycles. The van der Waals surface area contributed by atoms with Crippen LogP contribution in [0.1, 0.15) is 165 Å². The van der Waals surface area contributed by atoms with Gasteiger partial charge in [-0.1, -0.05) is 78.7 Å². The number of piperidine rings is 2. The third-order valence-corrected chi connectivity index (χ3v) is 23.5. The number of hydrogen-bond acceptors (Lipinski definition) is 5. The summed E-state index contributed by atoms with van der Waals surface area (Å²) in [5, 5.41) is 32.3. The molecule has 4 aliphatic heterocycles. The van der Waals surface area contributed by atoms with Crippen molar-refractivity contribution in [1.82, 2.24) is 9.80 Å². The summed E-state index contributed by atoms with van der Waals surface area (Å²) in [7, 11) is 0. The van der Waals surface area contributed by atoms with Gasteiger partial charge in [-0.15, -0.1) is 0 Å². The Kier molecular flexibility index (Phi) is 9.83. The first kappa shape index (κ1) is 41.0. The van der Waals surface area contributed by atoms with E-state index in [0.717, 1.165) is 110 Å². The Morgan fingerprint density at radius 3 is 1.63 bits per heavy atom. The van der Waals surface area contributed by atoms with Crippen LogP contribution in [0.15, 0.2) is 23.3 Å². The quantitative estimate of drug-likeness (QED) is 0.213. The standard InChI is InChI=1S/C27H43NO2.C27H43NO/c1-15-5-8-22-16(2)25-23(28(22)14-15)12-21-19-7-6-17-11-18(29)9-10-26(17,3)20(19)13-24(30)27(21,25)4;1-16-5-8-23-17(2)25-24(28(23)15-16)14-22-20-7-6-18-13-19(29)9-11-26(18,3)21(20)10-12-27(22,25)4/h6,15-16,18-25,29-30H,5,7-14H2,1-4H3;6,16-17,19-25,29H,5,7-15H2,1-4H3/t15-,16+,18-,19+,20-,21-,22+,23-,24-,25-,26-,27+;16-,17+,19-,20+,21-,22-,23+,24-,25-,26-,27-/m00/s1. The molecule has 0 radical (unpaired) electrons. The van der Waals surface area contributed by atoms with Gasteiger partial charge < -0.3 is 15.3 Å². The molecule has 0 amide bonds. The predicted octanol–water partition coefficient (Wildman–Crippen LogP) is 10.3. The van der Waals surface area contributed by atoms with Crippen molar-refractivity contribution in [1.29, 1.82) is 0 Å².